The molecule has 1 fully saturated rings. The Morgan fingerprint density at radius 3 is 2.40 bits per heavy atom. The fraction of sp³-hybridized carbons (Fsp3) is 0.611. The molecule has 1 atom stereocenters. The summed E-state index contributed by atoms with van der Waals surface area (Å²) >= 11 is 0. The van der Waals surface area contributed by atoms with Crippen LogP contribution in [0.3, 0.4) is 0 Å². The zero-order valence-corrected chi connectivity index (χ0v) is 15.6. The Bertz CT molecular complexity index is 674. The van der Waals surface area contributed by atoms with E-state index in [2.05, 4.69) is 0 Å². The predicted octanol–water partition coefficient (Wildman–Crippen LogP) is 2.95. The lowest BCUT2D eigenvalue weighted by molar-refractivity contribution is -0.152. The topological polar surface area (TPSA) is 63.7 Å². The van der Waals surface area contributed by atoms with Gasteiger partial charge in [0.15, 0.2) is 0 Å². The van der Waals surface area contributed by atoms with Crippen molar-refractivity contribution in [3.63, 3.8) is 0 Å². The van der Waals surface area contributed by atoms with E-state index in [1.165, 1.54) is 31.2 Å². The van der Waals surface area contributed by atoms with Gasteiger partial charge in [-0.25, -0.2) is 17.6 Å². The molecule has 0 saturated heterocycles. The molecule has 0 spiro atoms. The average molecular weight is 371 g/mol. The molecule has 1 aromatic rings. The highest BCUT2D eigenvalue weighted by atomic mass is 32.2. The smallest absolute Gasteiger partial charge is 0.361 e. The van der Waals surface area contributed by atoms with Crippen LogP contribution in [0.1, 0.15) is 39.0 Å². The van der Waals surface area contributed by atoms with Crippen molar-refractivity contribution in [2.75, 3.05) is 20.2 Å². The van der Waals surface area contributed by atoms with Crippen molar-refractivity contribution in [3.8, 4) is 0 Å². The van der Waals surface area contributed by atoms with Crippen molar-refractivity contribution >= 4 is 15.8 Å². The van der Waals surface area contributed by atoms with E-state index in [9.17, 15) is 13.2 Å². The summed E-state index contributed by atoms with van der Waals surface area (Å²) in [6.07, 6.45) is 4.94. The van der Waals surface area contributed by atoms with Crippen molar-refractivity contribution in [1.82, 2.24) is 4.90 Å². The van der Waals surface area contributed by atoms with Crippen LogP contribution in [0, 0.1) is 0 Å². The Labute approximate surface area is 149 Å². The van der Waals surface area contributed by atoms with Crippen LogP contribution in [0.5, 0.6) is 0 Å². The summed E-state index contributed by atoms with van der Waals surface area (Å²) in [5.41, 5.74) is 0. The van der Waals surface area contributed by atoms with Crippen LogP contribution < -0.4 is 0 Å². The number of benzene rings is 1. The summed E-state index contributed by atoms with van der Waals surface area (Å²) < 4.78 is 46.3. The highest BCUT2D eigenvalue weighted by molar-refractivity contribution is 7.93. The number of carbonyl (C=O) groups is 1. The Kier molecular flexibility index (Phi) is 6.57. The quantitative estimate of drug-likeness (QED) is 0.690. The fourth-order valence-electron chi connectivity index (χ4n) is 3.26. The van der Waals surface area contributed by atoms with Crippen LogP contribution in [-0.2, 0) is 19.4 Å². The van der Waals surface area contributed by atoms with Crippen LogP contribution in [-0.4, -0.2) is 50.5 Å². The average Bonchev–Trinajstić information content (AvgIpc) is 2.63. The molecule has 140 valence electrons. The fourth-order valence-corrected chi connectivity index (χ4v) is 4.80. The number of ether oxygens (including phenoxy) is 1. The summed E-state index contributed by atoms with van der Waals surface area (Å²) in [5.74, 6) is -1.35. The van der Waals surface area contributed by atoms with Crippen molar-refractivity contribution in [3.05, 3.63) is 30.3 Å². The van der Waals surface area contributed by atoms with Crippen LogP contribution >= 0.6 is 0 Å². The van der Waals surface area contributed by atoms with Crippen LogP contribution in [0.2, 0.25) is 0 Å². The number of rotatable bonds is 7. The second-order valence-electron chi connectivity index (χ2n) is 6.47. The molecule has 5 nitrogen and oxygen atoms in total. The van der Waals surface area contributed by atoms with Gasteiger partial charge in [0.2, 0.25) is 9.84 Å². The molecule has 0 amide bonds. The SMILES string of the molecule is CCOC(=O)C(F)(CN(C)C1CCCCC1)S(=O)(=O)c1ccccc1. The van der Waals surface area contributed by atoms with Gasteiger partial charge in [-0.3, -0.25) is 4.90 Å². The van der Waals surface area contributed by atoms with Gasteiger partial charge in [-0.15, -0.1) is 0 Å². The number of alkyl halides is 1. The van der Waals surface area contributed by atoms with Gasteiger partial charge in [0, 0.05) is 6.04 Å². The third-order valence-corrected chi connectivity index (χ3v) is 6.75. The van der Waals surface area contributed by atoms with E-state index < -0.39 is 27.4 Å². The molecular weight excluding hydrogens is 345 g/mol. The van der Waals surface area contributed by atoms with E-state index in [-0.39, 0.29) is 17.5 Å². The summed E-state index contributed by atoms with van der Waals surface area (Å²) in [4.78, 5) is 13.7. The number of sulfone groups is 1. The largest absolute Gasteiger partial charge is 0.463 e. The minimum atomic E-state index is -4.54. The van der Waals surface area contributed by atoms with E-state index in [1.54, 1.807) is 18.0 Å². The highest BCUT2D eigenvalue weighted by Gasteiger charge is 2.55. The lowest BCUT2D eigenvalue weighted by Crippen LogP contribution is -2.53. The standard InChI is InChI=1S/C18H26FNO4S/c1-3-24-17(21)18(19,14-20(2)15-10-6-4-7-11-15)25(22,23)16-12-8-5-9-13-16/h5,8-9,12-13,15H,3-4,6-7,10-11,14H2,1-2H3. The molecule has 0 aliphatic heterocycles. The summed E-state index contributed by atoms with van der Waals surface area (Å²) in [6.45, 7) is 0.911. The maximum absolute atomic E-state index is 15.7. The maximum Gasteiger partial charge on any atom is 0.361 e. The Morgan fingerprint density at radius 2 is 1.84 bits per heavy atom. The van der Waals surface area contributed by atoms with Crippen LogP contribution in [0.25, 0.3) is 0 Å². The molecular formula is C18H26FNO4S. The number of esters is 1. The number of hydrogen-bond donors (Lipinski definition) is 0. The zero-order chi connectivity index (χ0) is 18.5. The first-order valence-corrected chi connectivity index (χ1v) is 10.2. The molecule has 1 saturated carbocycles. The maximum atomic E-state index is 15.7. The first-order chi connectivity index (χ1) is 11.8. The number of hydrogen-bond acceptors (Lipinski definition) is 5. The second kappa shape index (κ2) is 8.27. The molecule has 1 aromatic carbocycles. The van der Waals surface area contributed by atoms with Crippen molar-refractivity contribution in [2.24, 2.45) is 0 Å². The number of nitrogens with zero attached hydrogens (tertiary/aromatic N) is 1. The Hall–Kier alpha value is -1.47. The lowest BCUT2D eigenvalue weighted by atomic mass is 9.94. The normalized spacial score (nSPS) is 18.7. The molecule has 25 heavy (non-hydrogen) atoms. The third-order valence-electron chi connectivity index (χ3n) is 4.71. The molecule has 2 rings (SSSR count). The first kappa shape index (κ1) is 19.8. The molecule has 0 bridgehead atoms. The summed E-state index contributed by atoms with van der Waals surface area (Å²) in [7, 11) is -2.87. The minimum Gasteiger partial charge on any atom is -0.463 e. The van der Waals surface area contributed by atoms with Gasteiger partial charge in [0.05, 0.1) is 18.0 Å². The van der Waals surface area contributed by atoms with Crippen LogP contribution in [0.4, 0.5) is 4.39 Å². The molecule has 0 aromatic heterocycles. The molecule has 7 heteroatoms. The van der Waals surface area contributed by atoms with E-state index in [0.717, 1.165) is 32.1 Å². The third kappa shape index (κ3) is 4.20. The van der Waals surface area contributed by atoms with E-state index >= 15 is 4.39 Å². The summed E-state index contributed by atoms with van der Waals surface area (Å²) in [5, 5.41) is -3.13. The van der Waals surface area contributed by atoms with E-state index in [1.807, 2.05) is 0 Å². The van der Waals surface area contributed by atoms with Gasteiger partial charge in [-0.2, -0.15) is 0 Å². The minimum absolute atomic E-state index is 0.0734. The monoisotopic (exact) mass is 371 g/mol. The number of halogens is 1. The van der Waals surface area contributed by atoms with E-state index in [4.69, 9.17) is 4.74 Å². The predicted molar refractivity (Wildman–Crippen MR) is 93.6 cm³/mol. The van der Waals surface area contributed by atoms with E-state index in [0.29, 0.717) is 0 Å². The van der Waals surface area contributed by atoms with Crippen molar-refractivity contribution in [1.29, 1.82) is 0 Å². The zero-order valence-electron chi connectivity index (χ0n) is 14.8. The van der Waals surface area contributed by atoms with Gasteiger partial charge < -0.3 is 4.74 Å². The van der Waals surface area contributed by atoms with Gasteiger partial charge in [-0.1, -0.05) is 37.5 Å². The van der Waals surface area contributed by atoms with Gasteiger partial charge in [0.25, 0.3) is 0 Å². The van der Waals surface area contributed by atoms with Gasteiger partial charge in [0.1, 0.15) is 0 Å². The Morgan fingerprint density at radius 1 is 1.24 bits per heavy atom. The molecule has 0 radical (unpaired) electrons. The first-order valence-electron chi connectivity index (χ1n) is 8.69. The summed E-state index contributed by atoms with van der Waals surface area (Å²) in [6, 6.07) is 7.31. The second-order valence-corrected chi connectivity index (χ2v) is 8.60. The molecule has 0 heterocycles. The Balaban J connectivity index is 2.35. The molecule has 1 aliphatic rings. The lowest BCUT2D eigenvalue weighted by Gasteiger charge is -2.35. The molecule has 1 aliphatic carbocycles. The molecule has 1 unspecified atom stereocenters. The molecule has 0 N–H and O–H groups in total. The van der Waals surface area contributed by atoms with Crippen molar-refractivity contribution < 1.29 is 22.3 Å². The highest BCUT2D eigenvalue weighted by Crippen LogP contribution is 2.32. The van der Waals surface area contributed by atoms with Gasteiger partial charge >= 0.3 is 11.0 Å². The number of carbonyl (C=O) groups excluding carboxylic acids is 1. The van der Waals surface area contributed by atoms with Crippen molar-refractivity contribution in [2.45, 2.75) is 55.0 Å². The van der Waals surface area contributed by atoms with Crippen LogP contribution in [0.15, 0.2) is 35.2 Å². The van der Waals surface area contributed by atoms with Gasteiger partial charge in [-0.05, 0) is 38.9 Å².